The van der Waals surface area contributed by atoms with Crippen molar-refractivity contribution in [3.05, 3.63) is 84.1 Å². The first-order valence-electron chi connectivity index (χ1n) is 7.49. The lowest BCUT2D eigenvalue weighted by atomic mass is 10.0. The lowest BCUT2D eigenvalue weighted by Gasteiger charge is -2.07. The molecule has 0 aliphatic rings. The van der Waals surface area contributed by atoms with Gasteiger partial charge in [0, 0.05) is 6.42 Å². The van der Waals surface area contributed by atoms with Crippen LogP contribution in [0, 0.1) is 0 Å². The zero-order valence-electron chi connectivity index (χ0n) is 12.6. The fourth-order valence-corrected chi connectivity index (χ4v) is 2.28. The molecule has 0 spiro atoms. The number of Topliss-reactive ketones (excluding diaryl/α,β-unsaturated/α-hetero) is 1. The van der Waals surface area contributed by atoms with Crippen molar-refractivity contribution in [2.24, 2.45) is 0 Å². The minimum atomic E-state index is -0.0825. The van der Waals surface area contributed by atoms with E-state index in [0.29, 0.717) is 19.4 Å². The molecule has 2 aromatic carbocycles. The highest BCUT2D eigenvalue weighted by molar-refractivity contribution is 5.91. The number of hydrogen-bond acceptors (Lipinski definition) is 4. The number of carbonyl (C=O) groups is 1. The molecule has 0 saturated heterocycles. The fraction of sp³-hybridized carbons (Fsp3) is 0.158. The van der Waals surface area contributed by atoms with E-state index >= 15 is 0 Å². The molecule has 0 atom stereocenters. The van der Waals surface area contributed by atoms with Crippen molar-refractivity contribution >= 4 is 5.78 Å². The number of oxazole rings is 1. The van der Waals surface area contributed by atoms with E-state index in [1.54, 1.807) is 0 Å². The van der Waals surface area contributed by atoms with Crippen LogP contribution in [-0.2, 0) is 13.0 Å². The second-order valence-corrected chi connectivity index (χ2v) is 5.18. The molecule has 0 aliphatic carbocycles. The van der Waals surface area contributed by atoms with Gasteiger partial charge in [0.15, 0.2) is 0 Å². The fourth-order valence-electron chi connectivity index (χ4n) is 2.28. The van der Waals surface area contributed by atoms with E-state index in [9.17, 15) is 4.79 Å². The van der Waals surface area contributed by atoms with Crippen LogP contribution >= 0.6 is 0 Å². The van der Waals surface area contributed by atoms with Crippen LogP contribution < -0.4 is 4.74 Å². The Labute approximate surface area is 134 Å². The van der Waals surface area contributed by atoms with Gasteiger partial charge in [0.2, 0.25) is 5.78 Å². The molecule has 0 aliphatic heterocycles. The maximum Gasteiger partial charge on any atom is 0.263 e. The van der Waals surface area contributed by atoms with E-state index in [-0.39, 0.29) is 11.7 Å². The molecule has 116 valence electrons. The van der Waals surface area contributed by atoms with E-state index in [0.717, 1.165) is 16.9 Å². The highest BCUT2D eigenvalue weighted by Gasteiger charge is 2.10. The molecule has 0 N–H and O–H groups in total. The lowest BCUT2D eigenvalue weighted by molar-refractivity contribution is 0.0949. The second kappa shape index (κ2) is 7.40. The first-order valence-corrected chi connectivity index (χ1v) is 7.49. The first-order chi connectivity index (χ1) is 11.3. The van der Waals surface area contributed by atoms with Crippen molar-refractivity contribution in [1.82, 2.24) is 4.98 Å². The molecule has 3 aromatic rings. The summed E-state index contributed by atoms with van der Waals surface area (Å²) in [6, 6.07) is 17.8. The summed E-state index contributed by atoms with van der Waals surface area (Å²) in [6.45, 7) is 0.505. The molecule has 1 heterocycles. The topological polar surface area (TPSA) is 52.3 Å². The summed E-state index contributed by atoms with van der Waals surface area (Å²) < 4.78 is 10.8. The molecule has 0 saturated carbocycles. The van der Waals surface area contributed by atoms with E-state index in [1.165, 1.54) is 12.5 Å². The van der Waals surface area contributed by atoms with E-state index in [1.807, 2.05) is 48.5 Å². The summed E-state index contributed by atoms with van der Waals surface area (Å²) >= 11 is 0. The van der Waals surface area contributed by atoms with Crippen molar-refractivity contribution in [3.63, 3.8) is 0 Å². The largest absolute Gasteiger partial charge is 0.489 e. The number of aryl methyl sites for hydroxylation is 1. The zero-order valence-corrected chi connectivity index (χ0v) is 12.6. The number of aromatic nitrogens is 1. The number of carbonyl (C=O) groups excluding carboxylic acids is 1. The number of rotatable bonds is 7. The molecule has 4 nitrogen and oxygen atoms in total. The highest BCUT2D eigenvalue weighted by atomic mass is 16.5. The maximum absolute atomic E-state index is 11.9. The zero-order chi connectivity index (χ0) is 15.9. The third kappa shape index (κ3) is 4.30. The number of ether oxygens (including phenoxy) is 1. The summed E-state index contributed by atoms with van der Waals surface area (Å²) in [7, 11) is 0. The van der Waals surface area contributed by atoms with Gasteiger partial charge in [-0.3, -0.25) is 4.79 Å². The van der Waals surface area contributed by atoms with Crippen LogP contribution in [-0.4, -0.2) is 10.8 Å². The average molecular weight is 307 g/mol. The second-order valence-electron chi connectivity index (χ2n) is 5.18. The van der Waals surface area contributed by atoms with E-state index in [2.05, 4.69) is 11.1 Å². The van der Waals surface area contributed by atoms with Crippen LogP contribution in [0.25, 0.3) is 0 Å². The molecule has 23 heavy (non-hydrogen) atoms. The van der Waals surface area contributed by atoms with Crippen LogP contribution in [0.2, 0.25) is 0 Å². The lowest BCUT2D eigenvalue weighted by Crippen LogP contribution is -2.02. The number of ketones is 1. The number of hydrogen-bond donors (Lipinski definition) is 0. The summed E-state index contributed by atoms with van der Waals surface area (Å²) in [5.41, 5.74) is 2.17. The Morgan fingerprint density at radius 3 is 2.65 bits per heavy atom. The Kier molecular flexibility index (Phi) is 4.84. The summed E-state index contributed by atoms with van der Waals surface area (Å²) in [5, 5.41) is 0. The molecule has 0 fully saturated rings. The summed E-state index contributed by atoms with van der Waals surface area (Å²) in [4.78, 5) is 15.8. The van der Waals surface area contributed by atoms with Crippen molar-refractivity contribution < 1.29 is 13.9 Å². The van der Waals surface area contributed by atoms with Crippen LogP contribution in [0.4, 0.5) is 0 Å². The Bertz CT molecular complexity index is 751. The quantitative estimate of drug-likeness (QED) is 0.617. The molecule has 0 radical (unpaired) electrons. The van der Waals surface area contributed by atoms with Crippen LogP contribution in [0.3, 0.4) is 0 Å². The standard InChI is InChI=1S/C19H17NO3/c21-18(19-20-11-12-22-19)10-9-15-5-4-6-16(13-15)14-23-17-7-2-1-3-8-17/h1-8,11-13H,9-10,14H2. The van der Waals surface area contributed by atoms with Gasteiger partial charge in [-0.25, -0.2) is 4.98 Å². The molecule has 0 bridgehead atoms. The smallest absolute Gasteiger partial charge is 0.263 e. The van der Waals surface area contributed by atoms with Gasteiger partial charge in [-0.1, -0.05) is 42.5 Å². The van der Waals surface area contributed by atoms with Crippen molar-refractivity contribution in [2.75, 3.05) is 0 Å². The average Bonchev–Trinajstić information content (AvgIpc) is 3.14. The summed E-state index contributed by atoms with van der Waals surface area (Å²) in [5.74, 6) is 0.937. The van der Waals surface area contributed by atoms with Gasteiger partial charge in [0.25, 0.3) is 5.89 Å². The Morgan fingerprint density at radius 2 is 1.87 bits per heavy atom. The van der Waals surface area contributed by atoms with Crippen molar-refractivity contribution in [1.29, 1.82) is 0 Å². The highest BCUT2D eigenvalue weighted by Crippen LogP contribution is 2.14. The number of para-hydroxylation sites is 1. The normalized spacial score (nSPS) is 10.4. The van der Waals surface area contributed by atoms with Gasteiger partial charge in [0.1, 0.15) is 18.6 Å². The van der Waals surface area contributed by atoms with Crippen molar-refractivity contribution in [3.8, 4) is 5.75 Å². The SMILES string of the molecule is O=C(CCc1cccc(COc2ccccc2)c1)c1ncco1. The predicted molar refractivity (Wildman–Crippen MR) is 86.4 cm³/mol. The molecular formula is C19H17NO3. The van der Waals surface area contributed by atoms with E-state index in [4.69, 9.17) is 9.15 Å². The van der Waals surface area contributed by atoms with Gasteiger partial charge in [-0.2, -0.15) is 0 Å². The van der Waals surface area contributed by atoms with Crippen LogP contribution in [0.1, 0.15) is 28.2 Å². The molecule has 0 amide bonds. The number of benzene rings is 2. The Balaban J connectivity index is 1.56. The maximum atomic E-state index is 11.9. The van der Waals surface area contributed by atoms with Gasteiger partial charge in [-0.05, 0) is 29.7 Å². The molecule has 0 unspecified atom stereocenters. The molecular weight excluding hydrogens is 290 g/mol. The molecule has 4 heteroatoms. The monoisotopic (exact) mass is 307 g/mol. The van der Waals surface area contributed by atoms with Gasteiger partial charge in [0.05, 0.1) is 6.20 Å². The predicted octanol–water partition coefficient (Wildman–Crippen LogP) is 4.07. The summed E-state index contributed by atoms with van der Waals surface area (Å²) in [6.07, 6.45) is 3.92. The molecule has 1 aromatic heterocycles. The third-order valence-electron chi connectivity index (χ3n) is 3.45. The van der Waals surface area contributed by atoms with Gasteiger partial charge >= 0.3 is 0 Å². The Hall–Kier alpha value is -2.88. The minimum Gasteiger partial charge on any atom is -0.489 e. The van der Waals surface area contributed by atoms with Crippen LogP contribution in [0.15, 0.2) is 71.5 Å². The van der Waals surface area contributed by atoms with Crippen molar-refractivity contribution in [2.45, 2.75) is 19.4 Å². The minimum absolute atomic E-state index is 0.0825. The van der Waals surface area contributed by atoms with Gasteiger partial charge < -0.3 is 9.15 Å². The van der Waals surface area contributed by atoms with Crippen LogP contribution in [0.5, 0.6) is 5.75 Å². The molecule has 3 rings (SSSR count). The Morgan fingerprint density at radius 1 is 1.04 bits per heavy atom. The van der Waals surface area contributed by atoms with E-state index < -0.39 is 0 Å². The van der Waals surface area contributed by atoms with Gasteiger partial charge in [-0.15, -0.1) is 0 Å². The number of nitrogens with zero attached hydrogens (tertiary/aromatic N) is 1. The third-order valence-corrected chi connectivity index (χ3v) is 3.45. The first kappa shape index (κ1) is 15.0.